The van der Waals surface area contributed by atoms with Gasteiger partial charge in [-0.2, -0.15) is 0 Å². The van der Waals surface area contributed by atoms with Crippen LogP contribution in [0.5, 0.6) is 5.75 Å². The highest BCUT2D eigenvalue weighted by molar-refractivity contribution is 7.13. The lowest BCUT2D eigenvalue weighted by Gasteiger charge is -2.31. The summed E-state index contributed by atoms with van der Waals surface area (Å²) in [5.74, 6) is 1.08. The van der Waals surface area contributed by atoms with Gasteiger partial charge in [-0.25, -0.2) is 4.98 Å². The van der Waals surface area contributed by atoms with E-state index in [1.165, 1.54) is 17.8 Å². The third-order valence-electron chi connectivity index (χ3n) is 4.60. The Labute approximate surface area is 170 Å². The fourth-order valence-corrected chi connectivity index (χ4v) is 3.97. The van der Waals surface area contributed by atoms with Crippen LogP contribution in [0.3, 0.4) is 0 Å². The highest BCUT2D eigenvalue weighted by Gasteiger charge is 2.26. The molecule has 0 aliphatic heterocycles. The maximum Gasteiger partial charge on any atom is 0.271 e. The zero-order chi connectivity index (χ0) is 16.9. The van der Waals surface area contributed by atoms with Gasteiger partial charge in [0, 0.05) is 17.0 Å². The molecule has 0 spiro atoms. The zero-order valence-electron chi connectivity index (χ0n) is 14.6. The van der Waals surface area contributed by atoms with Gasteiger partial charge in [-0.15, -0.1) is 36.2 Å². The first kappa shape index (κ1) is 22.7. The number of carbonyl (C=O) groups excluding carboxylic acids is 1. The molecule has 1 fully saturated rings. The summed E-state index contributed by atoms with van der Waals surface area (Å²) in [6.07, 6.45) is 4.45. The first-order valence-corrected chi connectivity index (χ1v) is 9.20. The molecule has 1 aliphatic carbocycles. The highest BCUT2D eigenvalue weighted by Crippen LogP contribution is 2.27. The quantitative estimate of drug-likeness (QED) is 0.772. The molecule has 3 rings (SSSR count). The minimum absolute atomic E-state index is 0. The Morgan fingerprint density at radius 1 is 1.27 bits per heavy atom. The zero-order valence-corrected chi connectivity index (χ0v) is 17.1. The number of hydrogen-bond acceptors (Lipinski definition) is 5. The van der Waals surface area contributed by atoms with Crippen LogP contribution < -0.4 is 15.8 Å². The van der Waals surface area contributed by atoms with Crippen LogP contribution in [0.4, 0.5) is 0 Å². The molecule has 1 aromatic carbocycles. The number of amides is 1. The average Bonchev–Trinajstić information content (AvgIpc) is 3.12. The van der Waals surface area contributed by atoms with Crippen LogP contribution in [0.2, 0.25) is 0 Å². The fourth-order valence-electron chi connectivity index (χ4n) is 3.17. The molecule has 3 N–H and O–H groups in total. The number of nitrogens with two attached hydrogens (primary N) is 1. The van der Waals surface area contributed by atoms with Crippen LogP contribution in [0.1, 0.15) is 36.2 Å². The molecule has 1 aliphatic rings. The molecule has 5 nitrogen and oxygen atoms in total. The molecule has 0 saturated heterocycles. The van der Waals surface area contributed by atoms with Gasteiger partial charge in [0.15, 0.2) is 0 Å². The lowest BCUT2D eigenvalue weighted by atomic mass is 9.84. The maximum absolute atomic E-state index is 12.5. The van der Waals surface area contributed by atoms with Gasteiger partial charge in [0.2, 0.25) is 0 Å². The number of aromatic nitrogens is 1. The topological polar surface area (TPSA) is 77.2 Å². The summed E-state index contributed by atoms with van der Waals surface area (Å²) >= 11 is 1.48. The second-order valence-electron chi connectivity index (χ2n) is 6.13. The van der Waals surface area contributed by atoms with Crippen molar-refractivity contribution in [2.24, 2.45) is 11.7 Å². The molecule has 1 heterocycles. The number of hydrogen-bond donors (Lipinski definition) is 2. The summed E-state index contributed by atoms with van der Waals surface area (Å²) in [5.41, 5.74) is 7.30. The molecule has 2 atom stereocenters. The normalized spacial score (nSPS) is 19.0. The Morgan fingerprint density at radius 2 is 1.96 bits per heavy atom. The first-order valence-electron chi connectivity index (χ1n) is 8.32. The van der Waals surface area contributed by atoms with Gasteiger partial charge in [0.25, 0.3) is 5.91 Å². The van der Waals surface area contributed by atoms with Crippen molar-refractivity contribution in [3.63, 3.8) is 0 Å². The predicted octanol–water partition coefficient (Wildman–Crippen LogP) is 3.91. The van der Waals surface area contributed by atoms with Crippen molar-refractivity contribution in [3.8, 4) is 16.3 Å². The second-order valence-corrected chi connectivity index (χ2v) is 6.98. The van der Waals surface area contributed by atoms with E-state index < -0.39 is 0 Å². The lowest BCUT2D eigenvalue weighted by Crippen LogP contribution is -2.44. The van der Waals surface area contributed by atoms with E-state index in [2.05, 4.69) is 10.3 Å². The second kappa shape index (κ2) is 10.7. The molecule has 1 aromatic heterocycles. The van der Waals surface area contributed by atoms with Crippen LogP contribution >= 0.6 is 36.2 Å². The summed E-state index contributed by atoms with van der Waals surface area (Å²) in [4.78, 5) is 17.0. The van der Waals surface area contributed by atoms with Gasteiger partial charge in [-0.1, -0.05) is 12.8 Å². The minimum Gasteiger partial charge on any atom is -0.497 e. The smallest absolute Gasteiger partial charge is 0.271 e. The van der Waals surface area contributed by atoms with Crippen molar-refractivity contribution >= 4 is 42.1 Å². The monoisotopic (exact) mass is 417 g/mol. The Morgan fingerprint density at radius 3 is 2.62 bits per heavy atom. The molecule has 1 amide bonds. The Kier molecular flexibility index (Phi) is 9.36. The van der Waals surface area contributed by atoms with Crippen molar-refractivity contribution in [2.75, 3.05) is 13.7 Å². The number of thiazole rings is 1. The number of rotatable bonds is 5. The third kappa shape index (κ3) is 5.33. The van der Waals surface area contributed by atoms with E-state index in [0.717, 1.165) is 35.6 Å². The van der Waals surface area contributed by atoms with Crippen molar-refractivity contribution < 1.29 is 9.53 Å². The Balaban J connectivity index is 0.00000169. The number of benzene rings is 1. The van der Waals surface area contributed by atoms with Crippen LogP contribution in [-0.2, 0) is 0 Å². The number of halogens is 2. The van der Waals surface area contributed by atoms with E-state index in [-0.39, 0.29) is 36.8 Å². The highest BCUT2D eigenvalue weighted by atomic mass is 35.5. The number of nitrogens with zero attached hydrogens (tertiary/aromatic N) is 1. The van der Waals surface area contributed by atoms with E-state index in [1.54, 1.807) is 7.11 Å². The van der Waals surface area contributed by atoms with Crippen LogP contribution in [0.25, 0.3) is 10.6 Å². The standard InChI is InChI=1S/C18H23N3O2S.2ClH/c1-23-14-8-6-12(7-9-14)18-21-16(11-24-18)17(22)20-15-5-3-2-4-13(15)10-19;;/h6-9,11,13,15H,2-5,10,19H2,1H3,(H,20,22);2*1H. The first-order chi connectivity index (χ1) is 11.7. The number of methoxy groups -OCH3 is 1. The van der Waals surface area contributed by atoms with Crippen molar-refractivity contribution in [1.82, 2.24) is 10.3 Å². The predicted molar refractivity (Wildman–Crippen MR) is 111 cm³/mol. The van der Waals surface area contributed by atoms with Gasteiger partial charge >= 0.3 is 0 Å². The summed E-state index contributed by atoms with van der Waals surface area (Å²) in [5, 5.41) is 5.77. The molecule has 26 heavy (non-hydrogen) atoms. The Hall–Kier alpha value is -1.34. The van der Waals surface area contributed by atoms with Crippen LogP contribution in [0.15, 0.2) is 29.6 Å². The van der Waals surface area contributed by atoms with Crippen molar-refractivity contribution in [3.05, 3.63) is 35.3 Å². The molecular weight excluding hydrogens is 393 g/mol. The molecular formula is C18H25Cl2N3O2S. The van der Waals surface area contributed by atoms with Gasteiger partial charge in [-0.05, 0) is 49.6 Å². The molecule has 1 saturated carbocycles. The van der Waals surface area contributed by atoms with E-state index in [1.807, 2.05) is 29.6 Å². The maximum atomic E-state index is 12.5. The molecule has 144 valence electrons. The van der Waals surface area contributed by atoms with Gasteiger partial charge in [0.1, 0.15) is 16.5 Å². The van der Waals surface area contributed by atoms with Crippen LogP contribution in [0, 0.1) is 5.92 Å². The van der Waals surface area contributed by atoms with E-state index in [4.69, 9.17) is 10.5 Å². The van der Waals surface area contributed by atoms with Gasteiger partial charge in [-0.3, -0.25) is 4.79 Å². The number of carbonyl (C=O) groups is 1. The minimum atomic E-state index is -0.101. The lowest BCUT2D eigenvalue weighted by molar-refractivity contribution is 0.0903. The van der Waals surface area contributed by atoms with Crippen molar-refractivity contribution in [1.29, 1.82) is 0 Å². The van der Waals surface area contributed by atoms with E-state index in [9.17, 15) is 4.79 Å². The number of nitrogens with one attached hydrogen (secondary N) is 1. The average molecular weight is 418 g/mol. The Bertz CT molecular complexity index is 694. The van der Waals surface area contributed by atoms with Gasteiger partial charge in [0.05, 0.1) is 7.11 Å². The molecule has 2 aromatic rings. The van der Waals surface area contributed by atoms with Crippen LogP contribution in [-0.4, -0.2) is 30.6 Å². The van der Waals surface area contributed by atoms with E-state index in [0.29, 0.717) is 18.2 Å². The summed E-state index contributed by atoms with van der Waals surface area (Å²) in [6.45, 7) is 0.624. The third-order valence-corrected chi connectivity index (χ3v) is 5.49. The SMILES string of the molecule is COc1ccc(-c2nc(C(=O)NC3CCCCC3CN)cs2)cc1.Cl.Cl. The molecule has 2 unspecified atom stereocenters. The number of ether oxygens (including phenoxy) is 1. The summed E-state index contributed by atoms with van der Waals surface area (Å²) in [6, 6.07) is 7.85. The van der Waals surface area contributed by atoms with E-state index >= 15 is 0 Å². The molecule has 0 radical (unpaired) electrons. The molecule has 8 heteroatoms. The summed E-state index contributed by atoms with van der Waals surface area (Å²) < 4.78 is 5.16. The molecule has 0 bridgehead atoms. The van der Waals surface area contributed by atoms with Gasteiger partial charge < -0.3 is 15.8 Å². The van der Waals surface area contributed by atoms with Crippen molar-refractivity contribution in [2.45, 2.75) is 31.7 Å². The fraction of sp³-hybridized carbons (Fsp3) is 0.444. The summed E-state index contributed by atoms with van der Waals surface area (Å²) in [7, 11) is 1.64. The largest absolute Gasteiger partial charge is 0.497 e.